The predicted octanol–water partition coefficient (Wildman–Crippen LogP) is 4.63. The van der Waals surface area contributed by atoms with Crippen molar-refractivity contribution in [1.82, 2.24) is 0 Å². The van der Waals surface area contributed by atoms with E-state index in [1.54, 1.807) is 12.1 Å². The Morgan fingerprint density at radius 2 is 2.04 bits per heavy atom. The molecule has 1 N–H and O–H groups in total. The highest BCUT2D eigenvalue weighted by atomic mass is 79.9. The van der Waals surface area contributed by atoms with Gasteiger partial charge in [-0.1, -0.05) is 39.5 Å². The number of benzene rings is 2. The van der Waals surface area contributed by atoms with Crippen LogP contribution in [-0.2, 0) is 4.79 Å². The molecule has 2 rings (SSSR count). The van der Waals surface area contributed by atoms with Crippen LogP contribution in [0.1, 0.15) is 16.7 Å². The molecular formula is C22H19BrN2O3. The quantitative estimate of drug-likeness (QED) is 0.405. The normalized spacial score (nSPS) is 10.6. The number of ether oxygens (including phenoxy) is 2. The van der Waals surface area contributed by atoms with E-state index in [4.69, 9.17) is 15.9 Å². The van der Waals surface area contributed by atoms with Crippen LogP contribution in [0.4, 0.5) is 5.69 Å². The molecule has 0 fully saturated rings. The second-order valence-corrected chi connectivity index (χ2v) is 6.81. The molecule has 2 aromatic carbocycles. The molecule has 0 radical (unpaired) electrons. The molecule has 2 aromatic rings. The summed E-state index contributed by atoms with van der Waals surface area (Å²) in [4.78, 5) is 12.6. The second kappa shape index (κ2) is 9.64. The van der Waals surface area contributed by atoms with Gasteiger partial charge >= 0.3 is 0 Å². The van der Waals surface area contributed by atoms with Crippen molar-refractivity contribution in [2.24, 2.45) is 0 Å². The Hall–Kier alpha value is -3.22. The molecule has 0 saturated carbocycles. The van der Waals surface area contributed by atoms with E-state index in [2.05, 4.69) is 27.2 Å². The number of hydrogen-bond acceptors (Lipinski definition) is 4. The number of methoxy groups -OCH3 is 1. The number of aryl methyl sites for hydroxylation is 2. The number of nitrogens with one attached hydrogen (secondary N) is 1. The molecule has 0 aliphatic carbocycles. The fraction of sp³-hybridized carbons (Fsp3) is 0.182. The summed E-state index contributed by atoms with van der Waals surface area (Å²) < 4.78 is 11.4. The topological polar surface area (TPSA) is 71.3 Å². The van der Waals surface area contributed by atoms with Crippen LogP contribution < -0.4 is 14.8 Å². The first-order valence-electron chi connectivity index (χ1n) is 8.33. The molecule has 0 bridgehead atoms. The summed E-state index contributed by atoms with van der Waals surface area (Å²) in [6.07, 6.45) is 6.70. The van der Waals surface area contributed by atoms with Crippen LogP contribution in [0.25, 0.3) is 6.08 Å². The van der Waals surface area contributed by atoms with Gasteiger partial charge in [0.05, 0.1) is 7.11 Å². The van der Waals surface area contributed by atoms with Crippen LogP contribution in [0.2, 0.25) is 0 Å². The molecule has 0 saturated heterocycles. The zero-order valence-electron chi connectivity index (χ0n) is 15.8. The van der Waals surface area contributed by atoms with Crippen LogP contribution in [0.5, 0.6) is 11.5 Å². The molecular weight excluding hydrogens is 420 g/mol. The van der Waals surface area contributed by atoms with Crippen molar-refractivity contribution in [1.29, 1.82) is 5.26 Å². The van der Waals surface area contributed by atoms with Crippen LogP contribution >= 0.6 is 15.9 Å². The second-order valence-electron chi connectivity index (χ2n) is 5.96. The van der Waals surface area contributed by atoms with E-state index in [9.17, 15) is 10.1 Å². The zero-order chi connectivity index (χ0) is 20.7. The third-order valence-corrected chi connectivity index (χ3v) is 4.58. The molecule has 1 amide bonds. The molecule has 142 valence electrons. The SMILES string of the molecule is C#CCOc1cc(Br)c(/C=C(\C#N)C(=O)Nc2ccc(C)cc2C)cc1OC. The first-order valence-corrected chi connectivity index (χ1v) is 9.13. The van der Waals surface area contributed by atoms with Gasteiger partial charge in [-0.2, -0.15) is 5.26 Å². The number of rotatable bonds is 6. The van der Waals surface area contributed by atoms with Gasteiger partial charge in [-0.05, 0) is 49.2 Å². The van der Waals surface area contributed by atoms with Crippen molar-refractivity contribution in [3.05, 3.63) is 57.1 Å². The first-order chi connectivity index (χ1) is 13.4. The Morgan fingerprint density at radius 3 is 2.64 bits per heavy atom. The summed E-state index contributed by atoms with van der Waals surface area (Å²) in [5, 5.41) is 12.2. The van der Waals surface area contributed by atoms with Crippen LogP contribution in [0.3, 0.4) is 0 Å². The minimum absolute atomic E-state index is 0.0416. The van der Waals surface area contributed by atoms with Gasteiger partial charge in [0.25, 0.3) is 5.91 Å². The Morgan fingerprint density at radius 1 is 1.29 bits per heavy atom. The van der Waals surface area contributed by atoms with Crippen molar-refractivity contribution in [2.75, 3.05) is 19.0 Å². The van der Waals surface area contributed by atoms with E-state index in [-0.39, 0.29) is 12.2 Å². The van der Waals surface area contributed by atoms with Gasteiger partial charge in [0, 0.05) is 10.2 Å². The van der Waals surface area contributed by atoms with Crippen molar-refractivity contribution >= 4 is 33.6 Å². The van der Waals surface area contributed by atoms with Crippen molar-refractivity contribution in [2.45, 2.75) is 13.8 Å². The van der Waals surface area contributed by atoms with E-state index in [0.29, 0.717) is 27.2 Å². The average Bonchev–Trinajstić information content (AvgIpc) is 2.67. The largest absolute Gasteiger partial charge is 0.493 e. The summed E-state index contributed by atoms with van der Waals surface area (Å²) in [5.41, 5.74) is 3.22. The average molecular weight is 439 g/mol. The smallest absolute Gasteiger partial charge is 0.266 e. The Labute approximate surface area is 173 Å². The van der Waals surface area contributed by atoms with Crippen LogP contribution in [0.15, 0.2) is 40.4 Å². The highest BCUT2D eigenvalue weighted by Crippen LogP contribution is 2.34. The third-order valence-electron chi connectivity index (χ3n) is 3.89. The fourth-order valence-electron chi connectivity index (χ4n) is 2.50. The summed E-state index contributed by atoms with van der Waals surface area (Å²) in [7, 11) is 1.50. The lowest BCUT2D eigenvalue weighted by Gasteiger charge is -2.12. The Balaban J connectivity index is 2.34. The number of carbonyl (C=O) groups is 1. The number of anilines is 1. The van der Waals surface area contributed by atoms with Crippen LogP contribution in [-0.4, -0.2) is 19.6 Å². The predicted molar refractivity (Wildman–Crippen MR) is 113 cm³/mol. The van der Waals surface area contributed by atoms with Crippen LogP contribution in [0, 0.1) is 37.5 Å². The number of hydrogen-bond donors (Lipinski definition) is 1. The van der Waals surface area contributed by atoms with Gasteiger partial charge in [-0.3, -0.25) is 4.79 Å². The number of nitrogens with zero attached hydrogens (tertiary/aromatic N) is 1. The van der Waals surface area contributed by atoms with E-state index >= 15 is 0 Å². The minimum atomic E-state index is -0.493. The van der Waals surface area contributed by atoms with Crippen molar-refractivity contribution < 1.29 is 14.3 Å². The van der Waals surface area contributed by atoms with E-state index in [1.807, 2.05) is 38.1 Å². The van der Waals surface area contributed by atoms with Gasteiger partial charge < -0.3 is 14.8 Å². The zero-order valence-corrected chi connectivity index (χ0v) is 17.4. The summed E-state index contributed by atoms with van der Waals surface area (Å²) >= 11 is 3.42. The maximum absolute atomic E-state index is 12.6. The van der Waals surface area contributed by atoms with Crippen molar-refractivity contribution in [3.8, 4) is 29.9 Å². The van der Waals surface area contributed by atoms with Gasteiger partial charge in [-0.15, -0.1) is 6.42 Å². The van der Waals surface area contributed by atoms with E-state index in [0.717, 1.165) is 11.1 Å². The minimum Gasteiger partial charge on any atom is -0.493 e. The molecule has 0 aromatic heterocycles. The molecule has 6 heteroatoms. The number of nitriles is 1. The number of halogens is 1. The molecule has 0 spiro atoms. The monoisotopic (exact) mass is 438 g/mol. The third kappa shape index (κ3) is 5.16. The van der Waals surface area contributed by atoms with Gasteiger partial charge in [-0.25, -0.2) is 0 Å². The first kappa shape index (κ1) is 21.1. The molecule has 0 aliphatic rings. The Kier molecular flexibility index (Phi) is 7.26. The summed E-state index contributed by atoms with van der Waals surface area (Å²) in [6, 6.07) is 11.0. The van der Waals surface area contributed by atoms with Gasteiger partial charge in [0.2, 0.25) is 0 Å². The lowest BCUT2D eigenvalue weighted by atomic mass is 10.1. The lowest BCUT2D eigenvalue weighted by molar-refractivity contribution is -0.112. The number of terminal acetylenes is 1. The highest BCUT2D eigenvalue weighted by molar-refractivity contribution is 9.10. The summed E-state index contributed by atoms with van der Waals surface area (Å²) in [6.45, 7) is 3.97. The molecule has 0 unspecified atom stereocenters. The Bertz CT molecular complexity index is 1010. The lowest BCUT2D eigenvalue weighted by Crippen LogP contribution is -2.14. The maximum atomic E-state index is 12.6. The standard InChI is InChI=1S/C22H19BrN2O3/c1-5-8-28-21-12-18(23)16(11-20(21)27-4)10-17(13-24)22(26)25-19-7-6-14(2)9-15(19)3/h1,6-7,9-12H,8H2,2-4H3,(H,25,26)/b17-10+. The van der Waals surface area contributed by atoms with Gasteiger partial charge in [0.15, 0.2) is 11.5 Å². The molecule has 0 heterocycles. The van der Waals surface area contributed by atoms with E-state index in [1.165, 1.54) is 13.2 Å². The summed E-state index contributed by atoms with van der Waals surface area (Å²) in [5.74, 6) is 2.80. The number of amides is 1. The van der Waals surface area contributed by atoms with Crippen molar-refractivity contribution in [3.63, 3.8) is 0 Å². The molecule has 0 atom stereocenters. The molecule has 5 nitrogen and oxygen atoms in total. The highest BCUT2D eigenvalue weighted by Gasteiger charge is 2.14. The van der Waals surface area contributed by atoms with E-state index < -0.39 is 5.91 Å². The maximum Gasteiger partial charge on any atom is 0.266 e. The van der Waals surface area contributed by atoms with Gasteiger partial charge in [0.1, 0.15) is 18.2 Å². The molecule has 28 heavy (non-hydrogen) atoms. The molecule has 0 aliphatic heterocycles. The number of carbonyl (C=O) groups excluding carboxylic acids is 1. The fourth-order valence-corrected chi connectivity index (χ4v) is 2.94.